The predicted octanol–water partition coefficient (Wildman–Crippen LogP) is 1.87. The number of nitrogens with zero attached hydrogens (tertiary/aromatic N) is 1. The lowest BCUT2D eigenvalue weighted by molar-refractivity contribution is -0.123. The van der Waals surface area contributed by atoms with Crippen LogP contribution < -0.4 is 15.4 Å². The second kappa shape index (κ2) is 9.95. The van der Waals surface area contributed by atoms with E-state index in [1.165, 1.54) is 6.20 Å². The highest BCUT2D eigenvalue weighted by Crippen LogP contribution is 2.24. The van der Waals surface area contributed by atoms with Gasteiger partial charge in [-0.2, -0.15) is 5.10 Å². The maximum absolute atomic E-state index is 12.2. The Morgan fingerprint density at radius 1 is 1.19 bits per heavy atom. The van der Waals surface area contributed by atoms with E-state index in [1.54, 1.807) is 31.4 Å². The quantitative estimate of drug-likeness (QED) is 0.479. The van der Waals surface area contributed by atoms with Crippen LogP contribution >= 0.6 is 0 Å². The number of hydrogen-bond donors (Lipinski definition) is 3. The van der Waals surface area contributed by atoms with Gasteiger partial charge in [0.2, 0.25) is 0 Å². The van der Waals surface area contributed by atoms with Gasteiger partial charge in [0, 0.05) is 12.1 Å². The van der Waals surface area contributed by atoms with Crippen LogP contribution in [0.1, 0.15) is 30.1 Å². The first-order valence-electron chi connectivity index (χ1n) is 8.47. The molecule has 1 heterocycles. The number of ether oxygens (including phenoxy) is 2. The fourth-order valence-electron chi connectivity index (χ4n) is 2.21. The van der Waals surface area contributed by atoms with Gasteiger partial charge in [-0.1, -0.05) is 13.3 Å². The number of hydrogen-bond acceptors (Lipinski definition) is 6. The number of carbonyl (C=O) groups excluding carboxylic acids is 3. The van der Waals surface area contributed by atoms with Crippen LogP contribution in [0.15, 0.2) is 30.5 Å². The molecule has 0 aliphatic heterocycles. The van der Waals surface area contributed by atoms with Crippen molar-refractivity contribution in [2.24, 2.45) is 0 Å². The van der Waals surface area contributed by atoms with Gasteiger partial charge in [0.05, 0.1) is 19.0 Å². The van der Waals surface area contributed by atoms with Gasteiger partial charge in [-0.15, -0.1) is 0 Å². The van der Waals surface area contributed by atoms with Crippen molar-refractivity contribution in [3.05, 3.63) is 36.0 Å². The summed E-state index contributed by atoms with van der Waals surface area (Å²) in [7, 11) is 1.56. The van der Waals surface area contributed by atoms with Crippen LogP contribution in [0.2, 0.25) is 0 Å². The van der Waals surface area contributed by atoms with Crippen LogP contribution in [0.5, 0.6) is 5.75 Å². The topological polar surface area (TPSA) is 122 Å². The molecule has 1 aromatic carbocycles. The van der Waals surface area contributed by atoms with Gasteiger partial charge in [-0.3, -0.25) is 15.2 Å². The third kappa shape index (κ3) is 5.84. The highest BCUT2D eigenvalue weighted by molar-refractivity contribution is 5.99. The molecule has 3 amide bonds. The van der Waals surface area contributed by atoms with Crippen LogP contribution in [0.25, 0.3) is 11.3 Å². The minimum atomic E-state index is -0.726. The van der Waals surface area contributed by atoms with Crippen molar-refractivity contribution in [2.45, 2.75) is 19.8 Å². The van der Waals surface area contributed by atoms with E-state index in [2.05, 4.69) is 20.8 Å². The molecule has 144 valence electrons. The van der Waals surface area contributed by atoms with Crippen molar-refractivity contribution in [1.82, 2.24) is 20.8 Å². The summed E-state index contributed by atoms with van der Waals surface area (Å²) in [6.07, 6.45) is 3.05. The van der Waals surface area contributed by atoms with Crippen LogP contribution in [0.3, 0.4) is 0 Å². The Labute approximate surface area is 156 Å². The zero-order chi connectivity index (χ0) is 19.6. The summed E-state index contributed by atoms with van der Waals surface area (Å²) in [4.78, 5) is 35.4. The third-order valence-corrected chi connectivity index (χ3v) is 3.64. The average molecular weight is 374 g/mol. The van der Waals surface area contributed by atoms with Crippen LogP contribution in [-0.4, -0.2) is 48.4 Å². The van der Waals surface area contributed by atoms with Gasteiger partial charge in [-0.25, -0.2) is 9.59 Å². The number of unbranched alkanes of at least 4 members (excludes halogenated alkanes) is 1. The van der Waals surface area contributed by atoms with Gasteiger partial charge < -0.3 is 14.8 Å². The van der Waals surface area contributed by atoms with Crippen LogP contribution in [-0.2, 0) is 9.53 Å². The average Bonchev–Trinajstić information content (AvgIpc) is 3.16. The fourth-order valence-corrected chi connectivity index (χ4v) is 2.21. The predicted molar refractivity (Wildman–Crippen MR) is 97.3 cm³/mol. The van der Waals surface area contributed by atoms with Crippen molar-refractivity contribution in [3.8, 4) is 17.0 Å². The minimum Gasteiger partial charge on any atom is -0.497 e. The van der Waals surface area contributed by atoms with E-state index in [1.807, 2.05) is 6.92 Å². The second-order valence-electron chi connectivity index (χ2n) is 5.62. The number of rotatable bonds is 8. The Morgan fingerprint density at radius 3 is 2.59 bits per heavy atom. The molecule has 0 radical (unpaired) electrons. The Morgan fingerprint density at radius 2 is 1.93 bits per heavy atom. The number of aromatic nitrogens is 2. The van der Waals surface area contributed by atoms with E-state index in [-0.39, 0.29) is 5.56 Å². The molecule has 0 saturated heterocycles. The normalized spacial score (nSPS) is 10.1. The van der Waals surface area contributed by atoms with Crippen LogP contribution in [0.4, 0.5) is 4.79 Å². The first-order chi connectivity index (χ1) is 13.0. The molecule has 9 heteroatoms. The number of methoxy groups -OCH3 is 1. The molecule has 2 aromatic rings. The zero-order valence-electron chi connectivity index (χ0n) is 15.2. The summed E-state index contributed by atoms with van der Waals surface area (Å²) >= 11 is 0. The molecule has 0 fully saturated rings. The Balaban J connectivity index is 1.90. The molecule has 27 heavy (non-hydrogen) atoms. The number of aromatic amines is 1. The monoisotopic (exact) mass is 374 g/mol. The minimum absolute atomic E-state index is 0.181. The maximum atomic E-state index is 12.2. The van der Waals surface area contributed by atoms with Gasteiger partial charge in [0.1, 0.15) is 11.3 Å². The number of esters is 1. The summed E-state index contributed by atoms with van der Waals surface area (Å²) < 4.78 is 10.1. The third-order valence-electron chi connectivity index (χ3n) is 3.64. The lowest BCUT2D eigenvalue weighted by Gasteiger charge is -2.07. The molecule has 1 aromatic heterocycles. The largest absolute Gasteiger partial charge is 0.497 e. The Kier molecular flexibility index (Phi) is 7.36. The number of H-pyrrole nitrogens is 1. The summed E-state index contributed by atoms with van der Waals surface area (Å²) in [6, 6.07) is 6.39. The second-order valence-corrected chi connectivity index (χ2v) is 5.62. The molecule has 0 unspecified atom stereocenters. The highest BCUT2D eigenvalue weighted by atomic mass is 16.5. The molecular weight excluding hydrogens is 352 g/mol. The lowest BCUT2D eigenvalue weighted by atomic mass is 10.1. The fraction of sp³-hybridized carbons (Fsp3) is 0.333. The molecule has 0 spiro atoms. The summed E-state index contributed by atoms with van der Waals surface area (Å²) in [6.45, 7) is 1.88. The lowest BCUT2D eigenvalue weighted by Crippen LogP contribution is -2.41. The van der Waals surface area contributed by atoms with E-state index in [4.69, 9.17) is 9.47 Å². The number of carbonyl (C=O) groups is 3. The van der Waals surface area contributed by atoms with Crippen molar-refractivity contribution in [1.29, 1.82) is 0 Å². The van der Waals surface area contributed by atoms with E-state index >= 15 is 0 Å². The first kappa shape index (κ1) is 20.0. The number of imide groups is 1. The van der Waals surface area contributed by atoms with E-state index in [9.17, 15) is 14.4 Å². The van der Waals surface area contributed by atoms with E-state index in [0.29, 0.717) is 23.6 Å². The summed E-state index contributed by atoms with van der Waals surface area (Å²) in [5.41, 5.74) is 1.35. The summed E-state index contributed by atoms with van der Waals surface area (Å²) in [5.74, 6) is -0.765. The van der Waals surface area contributed by atoms with Gasteiger partial charge in [0.15, 0.2) is 6.61 Å². The molecule has 0 saturated carbocycles. The van der Waals surface area contributed by atoms with Crippen molar-refractivity contribution in [2.75, 3.05) is 20.3 Å². The molecule has 0 bridgehead atoms. The molecule has 0 aliphatic rings. The van der Waals surface area contributed by atoms with Crippen molar-refractivity contribution < 1.29 is 23.9 Å². The number of amides is 3. The van der Waals surface area contributed by atoms with Gasteiger partial charge >= 0.3 is 12.0 Å². The first-order valence-corrected chi connectivity index (χ1v) is 8.47. The SMILES string of the molecule is CCCCNC(=O)NC(=O)COC(=O)c1cn[nH]c1-c1ccc(OC)cc1. The van der Waals surface area contributed by atoms with E-state index < -0.39 is 24.5 Å². The zero-order valence-corrected chi connectivity index (χ0v) is 15.2. The Hall–Kier alpha value is -3.36. The number of urea groups is 1. The molecule has 3 N–H and O–H groups in total. The Bertz CT molecular complexity index is 785. The van der Waals surface area contributed by atoms with Gasteiger partial charge in [-0.05, 0) is 30.7 Å². The van der Waals surface area contributed by atoms with Crippen LogP contribution in [0, 0.1) is 0 Å². The number of benzene rings is 1. The molecule has 9 nitrogen and oxygen atoms in total. The van der Waals surface area contributed by atoms with Crippen molar-refractivity contribution in [3.63, 3.8) is 0 Å². The van der Waals surface area contributed by atoms with E-state index in [0.717, 1.165) is 12.8 Å². The standard InChI is InChI=1S/C18H22N4O5/c1-3-4-9-19-18(25)21-15(23)11-27-17(24)14-10-20-22-16(14)12-5-7-13(26-2)8-6-12/h5-8,10H,3-4,9,11H2,1-2H3,(H,20,22)(H2,19,21,23,25). The smallest absolute Gasteiger partial charge is 0.342 e. The number of nitrogens with one attached hydrogen (secondary N) is 3. The summed E-state index contributed by atoms with van der Waals surface area (Å²) in [5, 5.41) is 11.2. The molecule has 0 atom stereocenters. The maximum Gasteiger partial charge on any atom is 0.342 e. The van der Waals surface area contributed by atoms with Gasteiger partial charge in [0.25, 0.3) is 5.91 Å². The molecular formula is C18H22N4O5. The molecule has 2 rings (SSSR count). The molecule has 0 aliphatic carbocycles. The highest BCUT2D eigenvalue weighted by Gasteiger charge is 2.18. The van der Waals surface area contributed by atoms with Crippen molar-refractivity contribution >= 4 is 17.9 Å².